The molecule has 0 bridgehead atoms. The van der Waals surface area contributed by atoms with Gasteiger partial charge in [0.05, 0.1) is 11.8 Å². The summed E-state index contributed by atoms with van der Waals surface area (Å²) in [5, 5.41) is 8.54. The van der Waals surface area contributed by atoms with Crippen LogP contribution < -0.4 is 0 Å². The van der Waals surface area contributed by atoms with Crippen LogP contribution >= 0.6 is 47.3 Å². The summed E-state index contributed by atoms with van der Waals surface area (Å²) in [6.45, 7) is 6.11. The van der Waals surface area contributed by atoms with Gasteiger partial charge in [0.15, 0.2) is 0 Å². The molecule has 8 heteroatoms. The fourth-order valence-electron chi connectivity index (χ4n) is 1.28. The van der Waals surface area contributed by atoms with E-state index >= 15 is 0 Å². The van der Waals surface area contributed by atoms with E-state index in [1.807, 2.05) is 20.8 Å². The van der Waals surface area contributed by atoms with Gasteiger partial charge in [-0.3, -0.25) is 4.79 Å². The topological polar surface area (TPSA) is 57.6 Å². The molecule has 0 aromatic carbocycles. The predicted molar refractivity (Wildman–Crippen MR) is 80.1 cm³/mol. The third-order valence-corrected chi connectivity index (χ3v) is 5.13. The van der Waals surface area contributed by atoms with E-state index in [9.17, 15) is 9.59 Å². The van der Waals surface area contributed by atoms with Crippen molar-refractivity contribution >= 4 is 62.7 Å². The van der Waals surface area contributed by atoms with Gasteiger partial charge in [-0.2, -0.15) is 0 Å². The number of hydrogen-bond donors (Lipinski definition) is 1. The molecule has 0 saturated carbocycles. The first-order valence-corrected chi connectivity index (χ1v) is 7.73. The molecule has 1 saturated heterocycles. The van der Waals surface area contributed by atoms with E-state index in [2.05, 4.69) is 0 Å². The van der Waals surface area contributed by atoms with E-state index in [1.54, 1.807) is 0 Å². The maximum Gasteiger partial charge on any atom is 0.342 e. The summed E-state index contributed by atoms with van der Waals surface area (Å²) in [5.74, 6) is -1.47. The van der Waals surface area contributed by atoms with Crippen LogP contribution in [0.1, 0.15) is 27.2 Å². The van der Waals surface area contributed by atoms with Gasteiger partial charge < -0.3 is 10.0 Å². The van der Waals surface area contributed by atoms with E-state index in [0.29, 0.717) is 3.53 Å². The van der Waals surface area contributed by atoms with Crippen molar-refractivity contribution in [2.24, 2.45) is 0 Å². The Bertz CT molecular complexity index is 383. The first kappa shape index (κ1) is 16.1. The highest BCUT2D eigenvalue weighted by Crippen LogP contribution is 2.39. The number of rotatable bonds is 3. The minimum atomic E-state index is -1.31. The summed E-state index contributed by atoms with van der Waals surface area (Å²) in [6.07, 6.45) is 0.284. The lowest BCUT2D eigenvalue weighted by molar-refractivity contribution is -0.153. The number of nitrogens with zero attached hydrogens (tertiary/aromatic N) is 1. The molecule has 4 nitrogen and oxygen atoms in total. The summed E-state index contributed by atoms with van der Waals surface area (Å²) in [4.78, 5) is 23.3. The first-order valence-electron chi connectivity index (χ1n) is 5.19. The van der Waals surface area contributed by atoms with Gasteiger partial charge in [-0.25, -0.2) is 4.79 Å². The average molecular weight is 328 g/mol. The minimum absolute atomic E-state index is 0.00413. The van der Waals surface area contributed by atoms with Crippen molar-refractivity contribution in [3.63, 3.8) is 0 Å². The molecular formula is C10H14ClNO3S3. The van der Waals surface area contributed by atoms with Crippen molar-refractivity contribution in [2.75, 3.05) is 0 Å². The zero-order chi connectivity index (χ0) is 14.1. The number of carbonyl (C=O) groups is 2. The quantitative estimate of drug-likeness (QED) is 0.372. The number of β-lactam (4-membered cyclic amide) rings is 1. The number of likely N-dealkylation sites (tertiary alicyclic amines) is 1. The number of carboxylic acid groups (broad SMARTS) is 1. The highest BCUT2D eigenvalue weighted by atomic mass is 35.5. The zero-order valence-corrected chi connectivity index (χ0v) is 13.4. The largest absolute Gasteiger partial charge is 0.479 e. The molecule has 1 aliphatic heterocycles. The summed E-state index contributed by atoms with van der Waals surface area (Å²) < 4.78 is 0.690. The molecule has 0 aliphatic carbocycles. The Morgan fingerprint density at radius 1 is 1.61 bits per heavy atom. The average Bonchev–Trinajstić information content (AvgIpc) is 2.13. The van der Waals surface area contributed by atoms with Crippen LogP contribution in [0.15, 0.2) is 0 Å². The fourth-order valence-corrected chi connectivity index (χ4v) is 5.25. The molecule has 1 aliphatic rings. The second-order valence-corrected chi connectivity index (χ2v) is 9.34. The highest BCUT2D eigenvalue weighted by Gasteiger charge is 2.44. The SMILES string of the molecule is CC(C)(C)SC(=S)SC1CC(=O)N1C(Cl)C(=O)O. The molecule has 0 aromatic heterocycles. The molecule has 2 unspecified atom stereocenters. The monoisotopic (exact) mass is 327 g/mol. The summed E-state index contributed by atoms with van der Waals surface area (Å²) in [7, 11) is 0. The van der Waals surface area contributed by atoms with Crippen LogP contribution in [0.2, 0.25) is 0 Å². The lowest BCUT2D eigenvalue weighted by Crippen LogP contribution is -2.56. The van der Waals surface area contributed by atoms with Gasteiger partial charge in [-0.1, -0.05) is 56.4 Å². The third kappa shape index (κ3) is 4.29. The maximum atomic E-state index is 11.4. The number of carboxylic acids is 1. The zero-order valence-electron chi connectivity index (χ0n) is 10.2. The Balaban J connectivity index is 2.56. The second kappa shape index (κ2) is 5.98. The fraction of sp³-hybridized carbons (Fsp3) is 0.700. The van der Waals surface area contributed by atoms with Crippen molar-refractivity contribution in [3.05, 3.63) is 0 Å². The van der Waals surface area contributed by atoms with Crippen LogP contribution in [-0.2, 0) is 9.59 Å². The van der Waals surface area contributed by atoms with E-state index < -0.39 is 11.5 Å². The maximum absolute atomic E-state index is 11.4. The molecule has 18 heavy (non-hydrogen) atoms. The van der Waals surface area contributed by atoms with Gasteiger partial charge in [-0.05, 0) is 0 Å². The number of amides is 1. The van der Waals surface area contributed by atoms with Crippen LogP contribution in [0, 0.1) is 0 Å². The number of aliphatic carboxylic acids is 1. The Kier molecular flexibility index (Phi) is 5.34. The van der Waals surface area contributed by atoms with E-state index in [0.717, 1.165) is 4.90 Å². The van der Waals surface area contributed by atoms with Crippen molar-refractivity contribution in [1.29, 1.82) is 0 Å². The van der Waals surface area contributed by atoms with Crippen molar-refractivity contribution in [3.8, 4) is 0 Å². The van der Waals surface area contributed by atoms with Crippen molar-refractivity contribution in [1.82, 2.24) is 4.90 Å². The van der Waals surface area contributed by atoms with Crippen LogP contribution in [0.4, 0.5) is 0 Å². The number of hydrogen-bond acceptors (Lipinski definition) is 5. The smallest absolute Gasteiger partial charge is 0.342 e. The van der Waals surface area contributed by atoms with Crippen LogP contribution in [0.5, 0.6) is 0 Å². The molecule has 1 heterocycles. The summed E-state index contributed by atoms with van der Waals surface area (Å²) in [6, 6.07) is 0. The first-order chi connectivity index (χ1) is 8.11. The standard InChI is InChI=1S/C10H14ClNO3S3/c1-10(2,3)18-9(16)17-6-4-5(13)12(6)7(11)8(14)15/h6-7H,4H2,1-3H3,(H,14,15). The molecule has 0 aromatic rings. The molecular weight excluding hydrogens is 314 g/mol. The van der Waals surface area contributed by atoms with Gasteiger partial charge in [0, 0.05) is 4.75 Å². The van der Waals surface area contributed by atoms with Crippen LogP contribution in [-0.4, -0.2) is 41.0 Å². The molecule has 1 fully saturated rings. The molecule has 102 valence electrons. The van der Waals surface area contributed by atoms with Gasteiger partial charge in [0.1, 0.15) is 3.53 Å². The number of alkyl halides is 1. The van der Waals surface area contributed by atoms with Gasteiger partial charge in [-0.15, -0.1) is 11.8 Å². The van der Waals surface area contributed by atoms with Gasteiger partial charge >= 0.3 is 5.97 Å². The molecule has 1 rings (SSSR count). The lowest BCUT2D eigenvalue weighted by Gasteiger charge is -2.41. The molecule has 1 N–H and O–H groups in total. The Hall–Kier alpha value is 0.0200. The second-order valence-electron chi connectivity index (χ2n) is 4.72. The third-order valence-electron chi connectivity index (χ3n) is 2.02. The predicted octanol–water partition coefficient (Wildman–Crippen LogP) is 2.74. The molecule has 0 radical (unpaired) electrons. The summed E-state index contributed by atoms with van der Waals surface area (Å²) in [5.41, 5.74) is -1.31. The minimum Gasteiger partial charge on any atom is -0.479 e. The Labute approximate surface area is 125 Å². The Morgan fingerprint density at radius 3 is 2.56 bits per heavy atom. The Morgan fingerprint density at radius 2 is 2.17 bits per heavy atom. The van der Waals surface area contributed by atoms with Crippen LogP contribution in [0.3, 0.4) is 0 Å². The molecule has 0 spiro atoms. The van der Waals surface area contributed by atoms with E-state index in [-0.39, 0.29) is 22.4 Å². The normalized spacial score (nSPS) is 21.4. The molecule has 2 atom stereocenters. The van der Waals surface area contributed by atoms with Crippen molar-refractivity contribution < 1.29 is 14.7 Å². The van der Waals surface area contributed by atoms with Gasteiger partial charge in [0.2, 0.25) is 11.4 Å². The highest BCUT2D eigenvalue weighted by molar-refractivity contribution is 8.47. The number of halogens is 1. The number of thiocarbonyl (C=S) groups is 1. The van der Waals surface area contributed by atoms with Crippen molar-refractivity contribution in [2.45, 2.75) is 42.8 Å². The number of thioether (sulfide) groups is 2. The van der Waals surface area contributed by atoms with Crippen LogP contribution in [0.25, 0.3) is 0 Å². The van der Waals surface area contributed by atoms with Gasteiger partial charge in [0.25, 0.3) is 0 Å². The number of carbonyl (C=O) groups excluding carboxylic acids is 1. The lowest BCUT2D eigenvalue weighted by atomic mass is 10.2. The van der Waals surface area contributed by atoms with E-state index in [4.69, 9.17) is 28.9 Å². The summed E-state index contributed by atoms with van der Waals surface area (Å²) >= 11 is 13.7. The molecule has 1 amide bonds. The van der Waals surface area contributed by atoms with E-state index in [1.165, 1.54) is 23.5 Å².